The topological polar surface area (TPSA) is 124 Å². The molecule has 2 heterocycles. The quantitative estimate of drug-likeness (QED) is 0.368. The number of carbonyl (C=O) groups excluding carboxylic acids is 1. The molecule has 204 valence electrons. The number of aromatic nitrogens is 1. The van der Waals surface area contributed by atoms with Crippen molar-refractivity contribution in [3.8, 4) is 5.75 Å². The minimum atomic E-state index is -4.13. The van der Waals surface area contributed by atoms with Gasteiger partial charge < -0.3 is 19.3 Å². The molecular weight excluding hydrogens is 496 g/mol. The van der Waals surface area contributed by atoms with E-state index < -0.39 is 22.1 Å². The number of ether oxygens (including phenoxy) is 3. The predicted molar refractivity (Wildman–Crippen MR) is 140 cm³/mol. The number of esters is 1. The Morgan fingerprint density at radius 1 is 1.22 bits per heavy atom. The molecule has 37 heavy (non-hydrogen) atoms. The lowest BCUT2D eigenvalue weighted by atomic mass is 10.0. The molecule has 1 saturated heterocycles. The Kier molecular flexibility index (Phi) is 10.7. The largest absolute Gasteiger partial charge is 0.491 e. The Balaban J connectivity index is 1.86. The molecule has 0 radical (unpaired) electrons. The molecule has 1 fully saturated rings. The molecule has 3 rings (SSSR count). The maximum Gasteiger partial charge on any atom is 0.342 e. The molecule has 1 atom stereocenters. The first-order chi connectivity index (χ1) is 17.8. The predicted octanol–water partition coefficient (Wildman–Crippen LogP) is 4.13. The molecule has 0 amide bonds. The van der Waals surface area contributed by atoms with Crippen molar-refractivity contribution in [3.63, 3.8) is 0 Å². The molecule has 1 aliphatic rings. The van der Waals surface area contributed by atoms with Crippen LogP contribution in [0.15, 0.2) is 35.5 Å². The highest BCUT2D eigenvalue weighted by molar-refractivity contribution is 7.92. The minimum absolute atomic E-state index is 0.0110. The summed E-state index contributed by atoms with van der Waals surface area (Å²) in [6.07, 6.45) is 4.97. The second-order valence-electron chi connectivity index (χ2n) is 9.16. The van der Waals surface area contributed by atoms with E-state index >= 15 is 0 Å². The number of aliphatic hydroxyl groups excluding tert-OH is 1. The number of aliphatic hydroxyl groups is 1. The van der Waals surface area contributed by atoms with E-state index in [-0.39, 0.29) is 28.9 Å². The van der Waals surface area contributed by atoms with Crippen LogP contribution in [0.5, 0.6) is 5.75 Å². The third-order valence-corrected chi connectivity index (χ3v) is 7.73. The average molecular weight is 535 g/mol. The van der Waals surface area contributed by atoms with E-state index in [0.29, 0.717) is 44.8 Å². The van der Waals surface area contributed by atoms with E-state index in [9.17, 15) is 18.3 Å². The number of rotatable bonds is 13. The van der Waals surface area contributed by atoms with Gasteiger partial charge in [0.15, 0.2) is 10.8 Å². The maximum absolute atomic E-state index is 13.3. The SMILES string of the molecule is CCOC(=O)c1cc(S(=O)(=O)Nc2ccc(CC)cc2CCC(O)CC)ncc1OCC1CCOCC1. The molecule has 1 unspecified atom stereocenters. The van der Waals surface area contributed by atoms with Crippen molar-refractivity contribution < 1.29 is 32.5 Å². The highest BCUT2D eigenvalue weighted by Gasteiger charge is 2.24. The summed E-state index contributed by atoms with van der Waals surface area (Å²) >= 11 is 0. The molecule has 1 aliphatic heterocycles. The Hall–Kier alpha value is -2.69. The summed E-state index contributed by atoms with van der Waals surface area (Å²) in [6.45, 7) is 7.45. The van der Waals surface area contributed by atoms with Crippen LogP contribution in [0.25, 0.3) is 0 Å². The molecule has 0 spiro atoms. The van der Waals surface area contributed by atoms with Gasteiger partial charge in [0.1, 0.15) is 5.56 Å². The highest BCUT2D eigenvalue weighted by Crippen LogP contribution is 2.27. The Morgan fingerprint density at radius 2 is 1.97 bits per heavy atom. The number of carbonyl (C=O) groups is 1. The number of hydrogen-bond donors (Lipinski definition) is 2. The van der Waals surface area contributed by atoms with Gasteiger partial charge in [-0.05, 0) is 74.6 Å². The smallest absolute Gasteiger partial charge is 0.342 e. The summed E-state index contributed by atoms with van der Waals surface area (Å²) in [5.41, 5.74) is 2.28. The van der Waals surface area contributed by atoms with Gasteiger partial charge in [-0.15, -0.1) is 0 Å². The standard InChI is InChI=1S/C27H38N2O7S/c1-4-19-7-10-24(21(15-19)8-9-22(30)5-2)29-37(32,33)26-16-23(27(31)35-6-3)25(17-28-26)36-18-20-11-13-34-14-12-20/h7,10,15-17,20,22,29-30H,4-6,8-9,11-14,18H2,1-3H3. The van der Waals surface area contributed by atoms with E-state index in [1.54, 1.807) is 13.0 Å². The normalized spacial score (nSPS) is 15.2. The van der Waals surface area contributed by atoms with Crippen LogP contribution in [-0.4, -0.2) is 57.0 Å². The summed E-state index contributed by atoms with van der Waals surface area (Å²) in [7, 11) is -4.13. The Morgan fingerprint density at radius 3 is 2.65 bits per heavy atom. The van der Waals surface area contributed by atoms with Crippen LogP contribution in [0.1, 0.15) is 67.9 Å². The van der Waals surface area contributed by atoms with Gasteiger partial charge >= 0.3 is 5.97 Å². The van der Waals surface area contributed by atoms with Crippen LogP contribution in [-0.2, 0) is 32.3 Å². The number of hydrogen-bond acceptors (Lipinski definition) is 8. The number of nitrogens with one attached hydrogen (secondary N) is 1. The number of nitrogens with zero attached hydrogens (tertiary/aromatic N) is 1. The van der Waals surface area contributed by atoms with Crippen molar-refractivity contribution in [2.75, 3.05) is 31.1 Å². The lowest BCUT2D eigenvalue weighted by Gasteiger charge is -2.22. The summed E-state index contributed by atoms with van der Waals surface area (Å²) in [5, 5.41) is 9.70. The van der Waals surface area contributed by atoms with Crippen molar-refractivity contribution in [2.45, 2.75) is 70.4 Å². The third kappa shape index (κ3) is 8.15. The Bertz CT molecular complexity index is 1150. The number of sulfonamides is 1. The molecule has 2 aromatic rings. The molecule has 10 heteroatoms. The number of aryl methyl sites for hydroxylation is 2. The van der Waals surface area contributed by atoms with Gasteiger partial charge in [-0.1, -0.05) is 26.0 Å². The van der Waals surface area contributed by atoms with Gasteiger partial charge in [-0.2, -0.15) is 8.42 Å². The second-order valence-corrected chi connectivity index (χ2v) is 10.8. The highest BCUT2D eigenvalue weighted by atomic mass is 32.2. The molecule has 1 aromatic heterocycles. The van der Waals surface area contributed by atoms with Crippen LogP contribution in [0.4, 0.5) is 5.69 Å². The molecule has 0 saturated carbocycles. The molecule has 9 nitrogen and oxygen atoms in total. The average Bonchev–Trinajstić information content (AvgIpc) is 2.91. The van der Waals surface area contributed by atoms with Gasteiger partial charge in [0.05, 0.1) is 31.2 Å². The molecule has 2 N–H and O–H groups in total. The van der Waals surface area contributed by atoms with Crippen LogP contribution < -0.4 is 9.46 Å². The first-order valence-corrected chi connectivity index (χ1v) is 14.5. The van der Waals surface area contributed by atoms with E-state index in [4.69, 9.17) is 14.2 Å². The zero-order chi connectivity index (χ0) is 26.8. The molecular formula is C27H38N2O7S. The summed E-state index contributed by atoms with van der Waals surface area (Å²) < 4.78 is 45.7. The van der Waals surface area contributed by atoms with Gasteiger partial charge in [-0.25, -0.2) is 9.78 Å². The molecule has 0 bridgehead atoms. The zero-order valence-electron chi connectivity index (χ0n) is 21.9. The van der Waals surface area contributed by atoms with Crippen molar-refractivity contribution in [1.82, 2.24) is 4.98 Å². The van der Waals surface area contributed by atoms with Crippen LogP contribution >= 0.6 is 0 Å². The van der Waals surface area contributed by atoms with Gasteiger partial charge in [0.25, 0.3) is 10.0 Å². The van der Waals surface area contributed by atoms with Crippen LogP contribution in [0.2, 0.25) is 0 Å². The van der Waals surface area contributed by atoms with Gasteiger partial charge in [-0.3, -0.25) is 4.72 Å². The summed E-state index contributed by atoms with van der Waals surface area (Å²) in [5.74, 6) is -0.208. The number of anilines is 1. The van der Waals surface area contributed by atoms with Crippen LogP contribution in [0.3, 0.4) is 0 Å². The van der Waals surface area contributed by atoms with Crippen molar-refractivity contribution in [2.24, 2.45) is 5.92 Å². The monoisotopic (exact) mass is 534 g/mol. The number of benzene rings is 1. The maximum atomic E-state index is 13.3. The van der Waals surface area contributed by atoms with E-state index in [1.165, 1.54) is 12.3 Å². The van der Waals surface area contributed by atoms with E-state index in [0.717, 1.165) is 30.4 Å². The van der Waals surface area contributed by atoms with E-state index in [2.05, 4.69) is 9.71 Å². The zero-order valence-corrected chi connectivity index (χ0v) is 22.7. The van der Waals surface area contributed by atoms with Gasteiger partial charge in [0.2, 0.25) is 0 Å². The fourth-order valence-electron chi connectivity index (χ4n) is 4.07. The summed E-state index contributed by atoms with van der Waals surface area (Å²) in [6, 6.07) is 6.73. The Labute approximate surface area is 219 Å². The van der Waals surface area contributed by atoms with Crippen molar-refractivity contribution >= 4 is 21.7 Å². The molecule has 1 aromatic carbocycles. The lowest BCUT2D eigenvalue weighted by Crippen LogP contribution is -2.22. The lowest BCUT2D eigenvalue weighted by molar-refractivity contribution is 0.0466. The van der Waals surface area contributed by atoms with Gasteiger partial charge in [0, 0.05) is 13.2 Å². The van der Waals surface area contributed by atoms with E-state index in [1.807, 2.05) is 26.0 Å². The van der Waals surface area contributed by atoms with Crippen LogP contribution in [0, 0.1) is 5.92 Å². The fraction of sp³-hybridized carbons (Fsp3) is 0.556. The second kappa shape index (κ2) is 13.7. The fourth-order valence-corrected chi connectivity index (χ4v) is 5.13. The third-order valence-electron chi connectivity index (χ3n) is 6.47. The van der Waals surface area contributed by atoms with Crippen molar-refractivity contribution in [1.29, 1.82) is 0 Å². The van der Waals surface area contributed by atoms with Crippen molar-refractivity contribution in [3.05, 3.63) is 47.2 Å². The molecule has 0 aliphatic carbocycles. The number of pyridine rings is 1. The first-order valence-electron chi connectivity index (χ1n) is 13.0. The first kappa shape index (κ1) is 28.9. The summed E-state index contributed by atoms with van der Waals surface area (Å²) in [4.78, 5) is 16.8. The minimum Gasteiger partial charge on any atom is -0.491 e.